The Morgan fingerprint density at radius 1 is 1.55 bits per heavy atom. The van der Waals surface area contributed by atoms with Gasteiger partial charge in [-0.05, 0) is 28.1 Å². The van der Waals surface area contributed by atoms with Gasteiger partial charge in [-0.2, -0.15) is 0 Å². The Labute approximate surface area is 76.9 Å². The number of hydrogen-bond acceptors (Lipinski definition) is 3. The van der Waals surface area contributed by atoms with E-state index >= 15 is 0 Å². The van der Waals surface area contributed by atoms with E-state index in [1.807, 2.05) is 12.1 Å². The average molecular weight is 235 g/mol. The minimum absolute atomic E-state index is 0.431. The predicted octanol–water partition coefficient (Wildman–Crippen LogP) is 1.73. The van der Waals surface area contributed by atoms with Gasteiger partial charge in [-0.1, -0.05) is 0 Å². The number of ether oxygens (including phenoxy) is 1. The van der Waals surface area contributed by atoms with E-state index in [0.29, 0.717) is 13.2 Å². The Morgan fingerprint density at radius 3 is 2.64 bits per heavy atom. The summed E-state index contributed by atoms with van der Waals surface area (Å²) in [6.07, 6.45) is 0. The van der Waals surface area contributed by atoms with Crippen molar-refractivity contribution in [1.82, 2.24) is 0 Å². The standard InChI is InChI=1S/C7H7BrO2S/c8-6-2-1-5(11-6)7(9)3-10-4-7/h1-2,9H,3-4H2. The van der Waals surface area contributed by atoms with Crippen LogP contribution in [-0.2, 0) is 10.3 Å². The molecule has 1 fully saturated rings. The van der Waals surface area contributed by atoms with Crippen molar-refractivity contribution < 1.29 is 9.84 Å². The molecule has 1 aliphatic heterocycles. The molecule has 1 aromatic heterocycles. The summed E-state index contributed by atoms with van der Waals surface area (Å²) >= 11 is 4.90. The van der Waals surface area contributed by atoms with Gasteiger partial charge in [0.1, 0.15) is 5.60 Å². The summed E-state index contributed by atoms with van der Waals surface area (Å²) in [7, 11) is 0. The van der Waals surface area contributed by atoms with E-state index in [1.54, 1.807) is 11.3 Å². The molecule has 0 unspecified atom stereocenters. The second-order valence-electron chi connectivity index (χ2n) is 2.63. The molecule has 0 spiro atoms. The molecule has 0 radical (unpaired) electrons. The molecule has 1 saturated heterocycles. The van der Waals surface area contributed by atoms with Crippen molar-refractivity contribution >= 4 is 27.3 Å². The van der Waals surface area contributed by atoms with Crippen molar-refractivity contribution in [3.05, 3.63) is 20.8 Å². The lowest BCUT2D eigenvalue weighted by Gasteiger charge is -2.35. The van der Waals surface area contributed by atoms with E-state index in [0.717, 1.165) is 8.66 Å². The molecule has 11 heavy (non-hydrogen) atoms. The zero-order valence-corrected chi connectivity index (χ0v) is 8.11. The fraction of sp³-hybridized carbons (Fsp3) is 0.429. The molecule has 0 aliphatic carbocycles. The average Bonchev–Trinajstić information content (AvgIpc) is 2.31. The van der Waals surface area contributed by atoms with Crippen molar-refractivity contribution in [2.24, 2.45) is 0 Å². The second-order valence-corrected chi connectivity index (χ2v) is 5.09. The van der Waals surface area contributed by atoms with E-state index in [1.165, 1.54) is 0 Å². The summed E-state index contributed by atoms with van der Waals surface area (Å²) in [5, 5.41) is 9.76. The van der Waals surface area contributed by atoms with Gasteiger partial charge in [0, 0.05) is 4.88 Å². The minimum atomic E-state index is -0.698. The molecule has 0 aromatic carbocycles. The Balaban J connectivity index is 2.28. The van der Waals surface area contributed by atoms with Gasteiger partial charge >= 0.3 is 0 Å². The molecule has 2 nitrogen and oxygen atoms in total. The third-order valence-electron chi connectivity index (χ3n) is 1.71. The van der Waals surface area contributed by atoms with Gasteiger partial charge in [-0.3, -0.25) is 0 Å². The number of halogens is 1. The van der Waals surface area contributed by atoms with E-state index in [9.17, 15) is 5.11 Å². The van der Waals surface area contributed by atoms with Crippen LogP contribution in [-0.4, -0.2) is 18.3 Å². The summed E-state index contributed by atoms with van der Waals surface area (Å²) < 4.78 is 5.99. The zero-order valence-electron chi connectivity index (χ0n) is 5.71. The highest BCUT2D eigenvalue weighted by molar-refractivity contribution is 9.11. The fourth-order valence-corrected chi connectivity index (χ4v) is 2.45. The van der Waals surface area contributed by atoms with Gasteiger partial charge in [-0.25, -0.2) is 0 Å². The first-order chi connectivity index (χ1) is 5.21. The molecule has 0 atom stereocenters. The maximum Gasteiger partial charge on any atom is 0.145 e. The SMILES string of the molecule is OC1(c2ccc(Br)s2)COC1. The van der Waals surface area contributed by atoms with Crippen molar-refractivity contribution in [2.75, 3.05) is 13.2 Å². The lowest BCUT2D eigenvalue weighted by atomic mass is 10.0. The molecule has 0 bridgehead atoms. The van der Waals surface area contributed by atoms with E-state index in [4.69, 9.17) is 4.74 Å². The maximum atomic E-state index is 9.76. The van der Waals surface area contributed by atoms with Crippen LogP contribution in [0.5, 0.6) is 0 Å². The first-order valence-electron chi connectivity index (χ1n) is 3.27. The zero-order chi connectivity index (χ0) is 7.90. The monoisotopic (exact) mass is 234 g/mol. The lowest BCUT2D eigenvalue weighted by Crippen LogP contribution is -2.45. The maximum absolute atomic E-state index is 9.76. The smallest absolute Gasteiger partial charge is 0.145 e. The van der Waals surface area contributed by atoms with Crippen LogP contribution in [0.4, 0.5) is 0 Å². The Morgan fingerprint density at radius 2 is 2.27 bits per heavy atom. The molecule has 4 heteroatoms. The van der Waals surface area contributed by atoms with Gasteiger partial charge in [0.2, 0.25) is 0 Å². The molecule has 1 aromatic rings. The molecule has 2 heterocycles. The highest BCUT2D eigenvalue weighted by atomic mass is 79.9. The molecule has 0 saturated carbocycles. The number of hydrogen-bond donors (Lipinski definition) is 1. The van der Waals surface area contributed by atoms with Gasteiger partial charge in [-0.15, -0.1) is 11.3 Å². The normalized spacial score (nSPS) is 21.3. The van der Waals surface area contributed by atoms with Crippen LogP contribution in [0.3, 0.4) is 0 Å². The van der Waals surface area contributed by atoms with Gasteiger partial charge < -0.3 is 9.84 Å². The van der Waals surface area contributed by atoms with Crippen LogP contribution in [0.1, 0.15) is 4.88 Å². The minimum Gasteiger partial charge on any atom is -0.379 e. The molecule has 60 valence electrons. The molecule has 1 N–H and O–H groups in total. The third kappa shape index (κ3) is 1.24. The van der Waals surface area contributed by atoms with Gasteiger partial charge in [0.25, 0.3) is 0 Å². The first kappa shape index (κ1) is 7.73. The predicted molar refractivity (Wildman–Crippen MR) is 46.7 cm³/mol. The summed E-state index contributed by atoms with van der Waals surface area (Å²) in [5.74, 6) is 0. The number of aliphatic hydroxyl groups is 1. The first-order valence-corrected chi connectivity index (χ1v) is 4.88. The second kappa shape index (κ2) is 2.55. The van der Waals surface area contributed by atoms with E-state index in [-0.39, 0.29) is 0 Å². The molecule has 1 aliphatic rings. The third-order valence-corrected chi connectivity index (χ3v) is 3.53. The Hall–Kier alpha value is 0.1000. The molecular formula is C7H7BrO2S. The summed E-state index contributed by atoms with van der Waals surface area (Å²) in [6, 6.07) is 3.87. The highest BCUT2D eigenvalue weighted by Gasteiger charge is 2.39. The number of rotatable bonds is 1. The molecule has 2 rings (SSSR count). The van der Waals surface area contributed by atoms with Crippen molar-refractivity contribution in [2.45, 2.75) is 5.60 Å². The largest absolute Gasteiger partial charge is 0.379 e. The van der Waals surface area contributed by atoms with Crippen LogP contribution in [0.2, 0.25) is 0 Å². The van der Waals surface area contributed by atoms with Gasteiger partial charge in [0.05, 0.1) is 17.0 Å². The van der Waals surface area contributed by atoms with E-state index in [2.05, 4.69) is 15.9 Å². The summed E-state index contributed by atoms with van der Waals surface area (Å²) in [6.45, 7) is 0.861. The number of thiophene rings is 1. The van der Waals surface area contributed by atoms with Crippen molar-refractivity contribution in [1.29, 1.82) is 0 Å². The summed E-state index contributed by atoms with van der Waals surface area (Å²) in [4.78, 5) is 0.982. The Bertz CT molecular complexity index is 267. The van der Waals surface area contributed by atoms with Crippen molar-refractivity contribution in [3.63, 3.8) is 0 Å². The molecule has 0 amide bonds. The molecular weight excluding hydrogens is 228 g/mol. The fourth-order valence-electron chi connectivity index (χ4n) is 1.00. The van der Waals surface area contributed by atoms with Gasteiger partial charge in [0.15, 0.2) is 0 Å². The van der Waals surface area contributed by atoms with Crippen LogP contribution in [0, 0.1) is 0 Å². The quantitative estimate of drug-likeness (QED) is 0.803. The summed E-state index contributed by atoms with van der Waals surface area (Å²) in [5.41, 5.74) is -0.698. The van der Waals surface area contributed by atoms with Crippen LogP contribution >= 0.6 is 27.3 Å². The Kier molecular flexibility index (Phi) is 1.79. The van der Waals surface area contributed by atoms with Crippen LogP contribution in [0.15, 0.2) is 15.9 Å². The lowest BCUT2D eigenvalue weighted by molar-refractivity contribution is -0.182. The van der Waals surface area contributed by atoms with Crippen molar-refractivity contribution in [3.8, 4) is 0 Å². The van der Waals surface area contributed by atoms with E-state index < -0.39 is 5.60 Å². The van der Waals surface area contributed by atoms with Crippen LogP contribution in [0.25, 0.3) is 0 Å². The van der Waals surface area contributed by atoms with Crippen LogP contribution < -0.4 is 0 Å². The highest BCUT2D eigenvalue weighted by Crippen LogP contribution is 2.35. The topological polar surface area (TPSA) is 29.5 Å².